The molecular formula is C17H16N4O3. The summed E-state index contributed by atoms with van der Waals surface area (Å²) in [5, 5.41) is 6.52. The fraction of sp³-hybridized carbons (Fsp3) is 0.235. The highest BCUT2D eigenvalue weighted by Crippen LogP contribution is 2.18. The van der Waals surface area contributed by atoms with E-state index in [1.807, 2.05) is 31.2 Å². The molecule has 0 radical (unpaired) electrons. The van der Waals surface area contributed by atoms with Crippen molar-refractivity contribution in [2.24, 2.45) is 4.99 Å². The topological polar surface area (TPSA) is 97.5 Å². The number of carbonyl (C=O) groups is 2. The smallest absolute Gasteiger partial charge is 0.260 e. The molecule has 2 heterocycles. The number of aromatic nitrogens is 2. The Kier molecular flexibility index (Phi) is 4.60. The van der Waals surface area contributed by atoms with Gasteiger partial charge in [0.2, 0.25) is 11.8 Å². The summed E-state index contributed by atoms with van der Waals surface area (Å²) in [6, 6.07) is 7.71. The second-order valence-electron chi connectivity index (χ2n) is 5.41. The van der Waals surface area contributed by atoms with E-state index < -0.39 is 5.92 Å². The fourth-order valence-corrected chi connectivity index (χ4v) is 2.32. The Morgan fingerprint density at radius 2 is 2.17 bits per heavy atom. The third kappa shape index (κ3) is 3.62. The normalized spacial score (nSPS) is 16.4. The summed E-state index contributed by atoms with van der Waals surface area (Å²) in [6.45, 7) is 2.08. The average molecular weight is 324 g/mol. The van der Waals surface area contributed by atoms with Gasteiger partial charge in [0.05, 0.1) is 13.0 Å². The SMILES string of the molecule is Cc1ccccc1CC(=O)NCc1nc(C2C=CC=NC2=O)no1. The third-order valence-corrected chi connectivity index (χ3v) is 3.67. The third-order valence-electron chi connectivity index (χ3n) is 3.67. The minimum absolute atomic E-state index is 0.117. The van der Waals surface area contributed by atoms with E-state index in [2.05, 4.69) is 20.4 Å². The molecule has 0 saturated carbocycles. The van der Waals surface area contributed by atoms with Gasteiger partial charge in [0.25, 0.3) is 5.91 Å². The molecule has 3 rings (SSSR count). The molecular weight excluding hydrogens is 308 g/mol. The maximum absolute atomic E-state index is 12.0. The molecule has 1 aliphatic heterocycles. The average Bonchev–Trinajstić information content (AvgIpc) is 3.04. The van der Waals surface area contributed by atoms with Crippen LogP contribution in [0.2, 0.25) is 0 Å². The van der Waals surface area contributed by atoms with E-state index in [1.165, 1.54) is 6.21 Å². The largest absolute Gasteiger partial charge is 0.347 e. The molecule has 0 fully saturated rings. The first kappa shape index (κ1) is 15.8. The van der Waals surface area contributed by atoms with Crippen LogP contribution in [0.5, 0.6) is 0 Å². The lowest BCUT2D eigenvalue weighted by atomic mass is 10.1. The van der Waals surface area contributed by atoms with Gasteiger partial charge in [-0.15, -0.1) is 0 Å². The van der Waals surface area contributed by atoms with E-state index in [0.717, 1.165) is 11.1 Å². The van der Waals surface area contributed by atoms with Gasteiger partial charge in [0, 0.05) is 6.21 Å². The molecule has 1 N–H and O–H groups in total. The molecule has 1 aromatic heterocycles. The summed E-state index contributed by atoms with van der Waals surface area (Å²) in [7, 11) is 0. The highest BCUT2D eigenvalue weighted by molar-refractivity contribution is 5.96. The summed E-state index contributed by atoms with van der Waals surface area (Å²) in [5.41, 5.74) is 2.04. The summed E-state index contributed by atoms with van der Waals surface area (Å²) in [4.78, 5) is 31.5. The summed E-state index contributed by atoms with van der Waals surface area (Å²) in [6.07, 6.45) is 5.02. The van der Waals surface area contributed by atoms with Crippen molar-refractivity contribution in [1.82, 2.24) is 15.5 Å². The van der Waals surface area contributed by atoms with Gasteiger partial charge < -0.3 is 9.84 Å². The molecule has 7 heteroatoms. The Labute approximate surface area is 138 Å². The number of hydrogen-bond donors (Lipinski definition) is 1. The summed E-state index contributed by atoms with van der Waals surface area (Å²) < 4.78 is 5.08. The zero-order chi connectivity index (χ0) is 16.9. The monoisotopic (exact) mass is 324 g/mol. The minimum atomic E-state index is -0.629. The second-order valence-corrected chi connectivity index (χ2v) is 5.41. The number of rotatable bonds is 5. The Hall–Kier alpha value is -3.09. The molecule has 7 nitrogen and oxygen atoms in total. The van der Waals surface area contributed by atoms with E-state index in [0.29, 0.717) is 0 Å². The molecule has 0 aliphatic carbocycles. The van der Waals surface area contributed by atoms with Gasteiger partial charge in [0.1, 0.15) is 5.92 Å². The molecule has 2 amide bonds. The first-order chi connectivity index (χ1) is 11.6. The Morgan fingerprint density at radius 1 is 1.33 bits per heavy atom. The molecule has 0 spiro atoms. The van der Waals surface area contributed by atoms with Gasteiger partial charge in [-0.05, 0) is 24.1 Å². The van der Waals surface area contributed by atoms with E-state index >= 15 is 0 Å². The van der Waals surface area contributed by atoms with E-state index in [-0.39, 0.29) is 36.5 Å². The fourth-order valence-electron chi connectivity index (χ4n) is 2.32. The standard InChI is InChI=1S/C17H16N4O3/c1-11-5-2-3-6-12(11)9-14(22)19-10-15-20-16(21-24-15)13-7-4-8-18-17(13)23/h2-8,13H,9-10H2,1H3,(H,19,22). The van der Waals surface area contributed by atoms with Gasteiger partial charge in [-0.3, -0.25) is 9.59 Å². The highest BCUT2D eigenvalue weighted by atomic mass is 16.5. The van der Waals surface area contributed by atoms with Crippen LogP contribution in [0.25, 0.3) is 0 Å². The zero-order valence-corrected chi connectivity index (χ0v) is 13.1. The lowest BCUT2D eigenvalue weighted by Crippen LogP contribution is -2.25. The quantitative estimate of drug-likeness (QED) is 0.898. The number of aliphatic imine (C=N–C) groups is 1. The van der Waals surface area contributed by atoms with E-state index in [1.54, 1.807) is 12.2 Å². The lowest BCUT2D eigenvalue weighted by molar-refractivity contribution is -0.121. The number of amides is 2. The van der Waals surface area contributed by atoms with Crippen LogP contribution >= 0.6 is 0 Å². The minimum Gasteiger partial charge on any atom is -0.347 e. The molecule has 0 saturated heterocycles. The Bertz CT molecular complexity index is 823. The molecule has 1 atom stereocenters. The zero-order valence-electron chi connectivity index (χ0n) is 13.1. The Balaban J connectivity index is 1.57. The van der Waals surface area contributed by atoms with Crippen LogP contribution in [0.4, 0.5) is 0 Å². The number of hydrogen-bond acceptors (Lipinski definition) is 5. The number of dihydropyridines is 1. The molecule has 24 heavy (non-hydrogen) atoms. The van der Waals surface area contributed by atoms with Crippen molar-refractivity contribution < 1.29 is 14.1 Å². The second kappa shape index (κ2) is 6.99. The number of nitrogens with zero attached hydrogens (tertiary/aromatic N) is 3. The first-order valence-corrected chi connectivity index (χ1v) is 7.52. The maximum Gasteiger partial charge on any atom is 0.260 e. The van der Waals surface area contributed by atoms with Gasteiger partial charge in [-0.1, -0.05) is 35.5 Å². The number of allylic oxidation sites excluding steroid dienone is 1. The van der Waals surface area contributed by atoms with Crippen molar-refractivity contribution >= 4 is 18.0 Å². The molecule has 1 aromatic carbocycles. The van der Waals surface area contributed by atoms with Gasteiger partial charge in [-0.2, -0.15) is 4.98 Å². The maximum atomic E-state index is 12.0. The predicted molar refractivity (Wildman–Crippen MR) is 86.4 cm³/mol. The number of benzene rings is 1. The lowest BCUT2D eigenvalue weighted by Gasteiger charge is -2.06. The van der Waals surface area contributed by atoms with E-state index in [4.69, 9.17) is 4.52 Å². The van der Waals surface area contributed by atoms with Crippen molar-refractivity contribution in [3.8, 4) is 0 Å². The first-order valence-electron chi connectivity index (χ1n) is 7.52. The van der Waals surface area contributed by atoms with Crippen molar-refractivity contribution in [2.45, 2.75) is 25.8 Å². The van der Waals surface area contributed by atoms with Crippen LogP contribution in [0.1, 0.15) is 28.8 Å². The predicted octanol–water partition coefficient (Wildman–Crippen LogP) is 1.49. The van der Waals surface area contributed by atoms with Crippen LogP contribution in [0.3, 0.4) is 0 Å². The van der Waals surface area contributed by atoms with Crippen LogP contribution in [0.15, 0.2) is 45.9 Å². The summed E-state index contributed by atoms with van der Waals surface area (Å²) in [5.74, 6) is -0.610. The van der Waals surface area contributed by atoms with Crippen molar-refractivity contribution in [3.05, 3.63) is 59.3 Å². The van der Waals surface area contributed by atoms with Gasteiger partial charge in [0.15, 0.2) is 5.82 Å². The highest BCUT2D eigenvalue weighted by Gasteiger charge is 2.24. The van der Waals surface area contributed by atoms with Crippen LogP contribution in [0, 0.1) is 6.92 Å². The van der Waals surface area contributed by atoms with Crippen LogP contribution < -0.4 is 5.32 Å². The number of nitrogens with one attached hydrogen (secondary N) is 1. The van der Waals surface area contributed by atoms with Crippen LogP contribution in [-0.4, -0.2) is 28.2 Å². The number of carbonyl (C=O) groups excluding carboxylic acids is 2. The van der Waals surface area contributed by atoms with Gasteiger partial charge >= 0.3 is 0 Å². The molecule has 1 aliphatic rings. The van der Waals surface area contributed by atoms with Crippen molar-refractivity contribution in [1.29, 1.82) is 0 Å². The Morgan fingerprint density at radius 3 is 2.96 bits per heavy atom. The molecule has 0 bridgehead atoms. The molecule has 2 aromatic rings. The van der Waals surface area contributed by atoms with E-state index in [9.17, 15) is 9.59 Å². The summed E-state index contributed by atoms with van der Waals surface area (Å²) >= 11 is 0. The molecule has 122 valence electrons. The van der Waals surface area contributed by atoms with Crippen molar-refractivity contribution in [3.63, 3.8) is 0 Å². The number of aryl methyl sites for hydroxylation is 1. The molecule has 1 unspecified atom stereocenters. The van der Waals surface area contributed by atoms with Crippen molar-refractivity contribution in [2.75, 3.05) is 0 Å². The van der Waals surface area contributed by atoms with Crippen LogP contribution in [-0.2, 0) is 22.6 Å². The van der Waals surface area contributed by atoms with Gasteiger partial charge in [-0.25, -0.2) is 4.99 Å².